The van der Waals surface area contributed by atoms with E-state index in [0.717, 1.165) is 36.9 Å². The van der Waals surface area contributed by atoms with Crippen molar-refractivity contribution in [3.8, 4) is 0 Å². The lowest BCUT2D eigenvalue weighted by Gasteiger charge is -2.20. The van der Waals surface area contributed by atoms with Crippen molar-refractivity contribution in [1.29, 1.82) is 0 Å². The van der Waals surface area contributed by atoms with E-state index in [9.17, 15) is 4.79 Å². The number of nitrogens with one attached hydrogen (secondary N) is 1. The highest BCUT2D eigenvalue weighted by molar-refractivity contribution is 9.10. The van der Waals surface area contributed by atoms with Crippen LogP contribution in [0.2, 0.25) is 0 Å². The molecular weight excluding hydrogens is 413 g/mol. The van der Waals surface area contributed by atoms with Crippen molar-refractivity contribution in [2.45, 2.75) is 32.7 Å². The Morgan fingerprint density at radius 2 is 2.12 bits per heavy atom. The zero-order chi connectivity index (χ0) is 16.1. The molecule has 1 saturated heterocycles. The van der Waals surface area contributed by atoms with Crippen molar-refractivity contribution < 1.29 is 4.79 Å². The molecule has 1 aliphatic rings. The number of carbonyl (C=O) groups is 1. The van der Waals surface area contributed by atoms with Crippen LogP contribution in [0, 0.1) is 11.8 Å². The molecule has 3 N–H and O–H groups in total. The molecular formula is C17H28BrCl2N3O. The van der Waals surface area contributed by atoms with Crippen molar-refractivity contribution >= 4 is 52.3 Å². The van der Waals surface area contributed by atoms with Gasteiger partial charge in [0.2, 0.25) is 5.91 Å². The topological polar surface area (TPSA) is 58.4 Å². The van der Waals surface area contributed by atoms with Crippen molar-refractivity contribution in [2.75, 3.05) is 24.5 Å². The highest BCUT2D eigenvalue weighted by atomic mass is 79.9. The van der Waals surface area contributed by atoms with Gasteiger partial charge in [-0.1, -0.05) is 35.8 Å². The monoisotopic (exact) mass is 439 g/mol. The first-order valence-corrected chi connectivity index (χ1v) is 8.79. The Balaban J connectivity index is 0.00000264. The van der Waals surface area contributed by atoms with E-state index in [2.05, 4.69) is 58.2 Å². The average Bonchev–Trinajstić information content (AvgIpc) is 2.93. The first kappa shape index (κ1) is 23.5. The summed E-state index contributed by atoms with van der Waals surface area (Å²) in [4.78, 5) is 14.3. The molecule has 0 spiro atoms. The number of amides is 1. The molecule has 2 atom stereocenters. The zero-order valence-corrected chi connectivity index (χ0v) is 17.4. The van der Waals surface area contributed by atoms with Crippen LogP contribution in [0.5, 0.6) is 0 Å². The predicted octanol–water partition coefficient (Wildman–Crippen LogP) is 3.61. The van der Waals surface area contributed by atoms with E-state index in [-0.39, 0.29) is 36.8 Å². The summed E-state index contributed by atoms with van der Waals surface area (Å²) in [6, 6.07) is 7.97. The molecule has 0 aromatic heterocycles. The van der Waals surface area contributed by atoms with Crippen molar-refractivity contribution in [3.05, 3.63) is 28.7 Å². The smallest absolute Gasteiger partial charge is 0.236 e. The van der Waals surface area contributed by atoms with E-state index in [1.165, 1.54) is 5.69 Å². The second-order valence-electron chi connectivity index (χ2n) is 6.56. The van der Waals surface area contributed by atoms with Crippen LogP contribution < -0.4 is 16.0 Å². The normalized spacial score (nSPS) is 17.9. The van der Waals surface area contributed by atoms with Gasteiger partial charge in [-0.25, -0.2) is 0 Å². The zero-order valence-electron chi connectivity index (χ0n) is 14.2. The van der Waals surface area contributed by atoms with Gasteiger partial charge >= 0.3 is 0 Å². The summed E-state index contributed by atoms with van der Waals surface area (Å²) in [7, 11) is 0. The molecule has 1 aliphatic heterocycles. The second kappa shape index (κ2) is 11.2. The summed E-state index contributed by atoms with van der Waals surface area (Å²) >= 11 is 3.51. The Morgan fingerprint density at radius 3 is 2.75 bits per heavy atom. The van der Waals surface area contributed by atoms with Crippen LogP contribution in [0.15, 0.2) is 28.7 Å². The van der Waals surface area contributed by atoms with Crippen molar-refractivity contribution in [1.82, 2.24) is 5.32 Å². The minimum absolute atomic E-state index is 0. The minimum atomic E-state index is -0.386. The quantitative estimate of drug-likeness (QED) is 0.710. The third-order valence-corrected chi connectivity index (χ3v) is 4.58. The number of benzene rings is 1. The Morgan fingerprint density at radius 1 is 1.42 bits per heavy atom. The predicted molar refractivity (Wildman–Crippen MR) is 109 cm³/mol. The first-order valence-electron chi connectivity index (χ1n) is 7.99. The van der Waals surface area contributed by atoms with Gasteiger partial charge in [-0.3, -0.25) is 4.79 Å². The van der Waals surface area contributed by atoms with Gasteiger partial charge in [0.05, 0.1) is 6.04 Å². The molecule has 0 radical (unpaired) electrons. The summed E-state index contributed by atoms with van der Waals surface area (Å²) in [5.41, 5.74) is 7.15. The lowest BCUT2D eigenvalue weighted by Crippen LogP contribution is -2.43. The molecule has 1 fully saturated rings. The molecule has 138 valence electrons. The molecule has 7 heteroatoms. The van der Waals surface area contributed by atoms with Gasteiger partial charge in [0.25, 0.3) is 0 Å². The average molecular weight is 441 g/mol. The largest absolute Gasteiger partial charge is 0.371 e. The Bertz CT molecular complexity index is 516. The second-order valence-corrected chi connectivity index (χ2v) is 7.48. The van der Waals surface area contributed by atoms with E-state index >= 15 is 0 Å². The van der Waals surface area contributed by atoms with Crippen LogP contribution in [0.4, 0.5) is 5.69 Å². The number of anilines is 1. The molecule has 1 unspecified atom stereocenters. The van der Waals surface area contributed by atoms with Gasteiger partial charge in [0.1, 0.15) is 0 Å². The molecule has 0 saturated carbocycles. The van der Waals surface area contributed by atoms with Gasteiger partial charge in [0, 0.05) is 29.8 Å². The highest BCUT2D eigenvalue weighted by Crippen LogP contribution is 2.25. The number of nitrogens with zero attached hydrogens (tertiary/aromatic N) is 1. The lowest BCUT2D eigenvalue weighted by atomic mass is 10.0. The fraction of sp³-hybridized carbons (Fsp3) is 0.588. The fourth-order valence-electron chi connectivity index (χ4n) is 2.90. The number of rotatable bonds is 6. The van der Waals surface area contributed by atoms with Crippen LogP contribution in [0.1, 0.15) is 26.7 Å². The Kier molecular flexibility index (Phi) is 11.0. The van der Waals surface area contributed by atoms with E-state index in [1.54, 1.807) is 0 Å². The summed E-state index contributed by atoms with van der Waals surface area (Å²) < 4.78 is 1.10. The molecule has 2 rings (SSSR count). The Hall–Kier alpha value is -0.490. The van der Waals surface area contributed by atoms with Crippen LogP contribution in [-0.2, 0) is 4.79 Å². The summed E-state index contributed by atoms with van der Waals surface area (Å²) in [5, 5.41) is 3.01. The Labute approximate surface area is 165 Å². The number of halogens is 3. The van der Waals surface area contributed by atoms with Crippen LogP contribution >= 0.6 is 40.7 Å². The van der Waals surface area contributed by atoms with Crippen LogP contribution in [0.25, 0.3) is 0 Å². The van der Waals surface area contributed by atoms with Crippen molar-refractivity contribution in [2.24, 2.45) is 17.6 Å². The maximum absolute atomic E-state index is 12.0. The number of hydrogen-bond acceptors (Lipinski definition) is 3. The van der Waals surface area contributed by atoms with E-state index in [0.29, 0.717) is 11.8 Å². The number of carbonyl (C=O) groups excluding carboxylic acids is 1. The first-order chi connectivity index (χ1) is 10.5. The third kappa shape index (κ3) is 7.18. The number of nitrogens with two attached hydrogens (primary N) is 1. The minimum Gasteiger partial charge on any atom is -0.371 e. The molecule has 1 aromatic rings. The van der Waals surface area contributed by atoms with E-state index in [1.807, 2.05) is 6.07 Å². The molecule has 4 nitrogen and oxygen atoms in total. The maximum Gasteiger partial charge on any atom is 0.236 e. The van der Waals surface area contributed by atoms with Gasteiger partial charge in [-0.2, -0.15) is 0 Å². The highest BCUT2D eigenvalue weighted by Gasteiger charge is 2.24. The van der Waals surface area contributed by atoms with Gasteiger partial charge in [-0.15, -0.1) is 24.8 Å². The maximum atomic E-state index is 12.0. The molecule has 1 heterocycles. The lowest BCUT2D eigenvalue weighted by molar-refractivity contribution is -0.122. The molecule has 24 heavy (non-hydrogen) atoms. The molecule has 1 amide bonds. The summed E-state index contributed by atoms with van der Waals surface area (Å²) in [5.74, 6) is 0.919. The van der Waals surface area contributed by atoms with Crippen molar-refractivity contribution in [3.63, 3.8) is 0 Å². The van der Waals surface area contributed by atoms with Crippen LogP contribution in [-0.4, -0.2) is 31.6 Å². The van der Waals surface area contributed by atoms with Crippen LogP contribution in [0.3, 0.4) is 0 Å². The molecule has 0 aliphatic carbocycles. The van der Waals surface area contributed by atoms with Gasteiger partial charge in [-0.05, 0) is 42.9 Å². The van der Waals surface area contributed by atoms with Gasteiger partial charge < -0.3 is 16.0 Å². The van der Waals surface area contributed by atoms with E-state index in [4.69, 9.17) is 5.73 Å². The van der Waals surface area contributed by atoms with E-state index < -0.39 is 0 Å². The van der Waals surface area contributed by atoms with Gasteiger partial charge in [0.15, 0.2) is 0 Å². The third-order valence-electron chi connectivity index (χ3n) is 4.09. The standard InChI is InChI=1S/C17H26BrN3O.2ClH/c1-12(2)8-16(19)17(22)20-10-13-6-7-21(11-13)15-5-3-4-14(18)9-15;;/h3-5,9,12-13,16H,6-8,10-11,19H2,1-2H3,(H,20,22);2*1H/t13?,16-;;/m0../s1. The molecule has 1 aromatic carbocycles. The molecule has 0 bridgehead atoms. The summed E-state index contributed by atoms with van der Waals surface area (Å²) in [6.07, 6.45) is 1.84. The fourth-order valence-corrected chi connectivity index (χ4v) is 3.28. The summed E-state index contributed by atoms with van der Waals surface area (Å²) in [6.45, 7) is 6.90. The number of hydrogen-bond donors (Lipinski definition) is 2. The SMILES string of the molecule is CC(C)C[C@H](N)C(=O)NCC1CCN(c2cccc(Br)c2)C1.Cl.Cl.